The third-order valence-corrected chi connectivity index (χ3v) is 2.57. The van der Waals surface area contributed by atoms with Crippen molar-refractivity contribution in [2.45, 2.75) is 0 Å². The van der Waals surface area contributed by atoms with Crippen LogP contribution in [0.3, 0.4) is 0 Å². The predicted molar refractivity (Wildman–Crippen MR) is 73.4 cm³/mol. The number of hydrogen-bond donors (Lipinski definition) is 0. The van der Waals surface area contributed by atoms with Crippen LogP contribution in [-0.2, 0) is 4.79 Å². The average molecular weight is 278 g/mol. The van der Waals surface area contributed by atoms with Crippen LogP contribution in [0.2, 0.25) is 0 Å². The van der Waals surface area contributed by atoms with E-state index in [1.165, 1.54) is 12.1 Å². The topological polar surface area (TPSA) is 83.1 Å². The van der Waals surface area contributed by atoms with E-state index in [1.807, 2.05) is 12.1 Å². The molecular weight excluding hydrogens is 268 g/mol. The second kappa shape index (κ2) is 6.74. The molecule has 2 aromatic carbocycles. The summed E-state index contributed by atoms with van der Waals surface area (Å²) in [4.78, 5) is 11.6. The molecule has 0 saturated carbocycles. The molecule has 2 rings (SSSR count). The van der Waals surface area contributed by atoms with Gasteiger partial charge in [0.15, 0.2) is 6.61 Å². The molecule has 0 atom stereocenters. The summed E-state index contributed by atoms with van der Waals surface area (Å²) in [6.07, 6.45) is 0. The zero-order valence-electron chi connectivity index (χ0n) is 10.9. The minimum absolute atomic E-state index is 0.307. The maximum Gasteiger partial charge on any atom is 0.349 e. The Balaban J connectivity index is 1.93. The van der Waals surface area contributed by atoms with Gasteiger partial charge in [-0.05, 0) is 36.4 Å². The molecule has 102 valence electrons. The zero-order chi connectivity index (χ0) is 15.1. The number of esters is 1. The Morgan fingerprint density at radius 1 is 1.00 bits per heavy atom. The molecule has 5 heteroatoms. The van der Waals surface area contributed by atoms with Gasteiger partial charge < -0.3 is 9.47 Å². The summed E-state index contributed by atoms with van der Waals surface area (Å²) < 4.78 is 10.3. The summed E-state index contributed by atoms with van der Waals surface area (Å²) in [5.41, 5.74) is 0.831. The fourth-order valence-corrected chi connectivity index (χ4v) is 1.58. The molecule has 0 amide bonds. The molecular formula is C16H10N2O3. The van der Waals surface area contributed by atoms with Crippen molar-refractivity contribution in [3.63, 3.8) is 0 Å². The largest absolute Gasteiger partial charge is 0.481 e. The van der Waals surface area contributed by atoms with E-state index in [9.17, 15) is 4.79 Å². The Labute approximate surface area is 121 Å². The van der Waals surface area contributed by atoms with E-state index in [-0.39, 0.29) is 6.61 Å². The first-order valence-electron chi connectivity index (χ1n) is 6.05. The van der Waals surface area contributed by atoms with Crippen LogP contribution in [0.5, 0.6) is 11.5 Å². The molecule has 5 nitrogen and oxygen atoms in total. The smallest absolute Gasteiger partial charge is 0.349 e. The van der Waals surface area contributed by atoms with Crippen molar-refractivity contribution < 1.29 is 14.3 Å². The summed E-state index contributed by atoms with van der Waals surface area (Å²) in [5.74, 6) is 0.0698. The highest BCUT2D eigenvalue weighted by Gasteiger charge is 2.08. The molecule has 0 aliphatic carbocycles. The lowest BCUT2D eigenvalue weighted by molar-refractivity contribution is -0.136. The van der Waals surface area contributed by atoms with Gasteiger partial charge in [0, 0.05) is 0 Å². The maximum atomic E-state index is 11.6. The number of ether oxygens (including phenoxy) is 2. The molecule has 0 radical (unpaired) electrons. The minimum Gasteiger partial charge on any atom is -0.481 e. The van der Waals surface area contributed by atoms with Gasteiger partial charge in [-0.15, -0.1) is 0 Å². The molecule has 0 spiro atoms. The molecule has 0 saturated heterocycles. The number of para-hydroxylation sites is 1. The number of carbonyl (C=O) groups excluding carboxylic acids is 1. The predicted octanol–water partition coefficient (Wildman–Crippen LogP) is 2.41. The van der Waals surface area contributed by atoms with Gasteiger partial charge in [-0.25, -0.2) is 4.79 Å². The quantitative estimate of drug-likeness (QED) is 0.633. The molecule has 0 unspecified atom stereocenters. The van der Waals surface area contributed by atoms with Gasteiger partial charge in [0.25, 0.3) is 0 Å². The van der Waals surface area contributed by atoms with Crippen LogP contribution >= 0.6 is 0 Å². The molecule has 21 heavy (non-hydrogen) atoms. The first kappa shape index (κ1) is 14.1. The van der Waals surface area contributed by atoms with Crippen LogP contribution in [0.15, 0.2) is 48.5 Å². The molecule has 0 bridgehead atoms. The summed E-state index contributed by atoms with van der Waals surface area (Å²) in [5, 5.41) is 17.6. The zero-order valence-corrected chi connectivity index (χ0v) is 10.9. The van der Waals surface area contributed by atoms with E-state index in [1.54, 1.807) is 36.4 Å². The van der Waals surface area contributed by atoms with E-state index >= 15 is 0 Å². The van der Waals surface area contributed by atoms with Gasteiger partial charge in [0.1, 0.15) is 17.6 Å². The van der Waals surface area contributed by atoms with Gasteiger partial charge >= 0.3 is 5.97 Å². The lowest BCUT2D eigenvalue weighted by Crippen LogP contribution is -2.18. The minimum atomic E-state index is -0.590. The number of hydrogen-bond acceptors (Lipinski definition) is 5. The molecule has 0 N–H and O–H groups in total. The van der Waals surface area contributed by atoms with Gasteiger partial charge in [-0.3, -0.25) is 0 Å². The highest BCUT2D eigenvalue weighted by atomic mass is 16.6. The molecule has 0 heterocycles. The standard InChI is InChI=1S/C16H10N2O3/c17-9-12-5-7-14(8-6-12)21-16(19)11-20-15-4-2-1-3-13(15)10-18/h1-8H,11H2. The summed E-state index contributed by atoms with van der Waals surface area (Å²) in [7, 11) is 0. The van der Waals surface area contributed by atoms with Gasteiger partial charge in [-0.1, -0.05) is 12.1 Å². The average Bonchev–Trinajstić information content (AvgIpc) is 2.54. The van der Waals surface area contributed by atoms with Gasteiger partial charge in [0.2, 0.25) is 0 Å². The first-order chi connectivity index (χ1) is 10.2. The maximum absolute atomic E-state index is 11.6. The normalized spacial score (nSPS) is 9.24. The van der Waals surface area contributed by atoms with E-state index in [0.717, 1.165) is 0 Å². The van der Waals surface area contributed by atoms with Crippen LogP contribution in [0.25, 0.3) is 0 Å². The van der Waals surface area contributed by atoms with Crippen molar-refractivity contribution in [3.05, 3.63) is 59.7 Å². The van der Waals surface area contributed by atoms with E-state index < -0.39 is 5.97 Å². The summed E-state index contributed by atoms with van der Waals surface area (Å²) >= 11 is 0. The number of carbonyl (C=O) groups is 1. The highest BCUT2D eigenvalue weighted by molar-refractivity contribution is 5.74. The highest BCUT2D eigenvalue weighted by Crippen LogP contribution is 2.17. The van der Waals surface area contributed by atoms with Crippen LogP contribution < -0.4 is 9.47 Å². The second-order valence-electron chi connectivity index (χ2n) is 4.01. The first-order valence-corrected chi connectivity index (χ1v) is 6.05. The number of rotatable bonds is 4. The van der Waals surface area contributed by atoms with Crippen LogP contribution in [0.1, 0.15) is 11.1 Å². The van der Waals surface area contributed by atoms with Crippen molar-refractivity contribution in [2.24, 2.45) is 0 Å². The van der Waals surface area contributed by atoms with Crippen molar-refractivity contribution in [2.75, 3.05) is 6.61 Å². The van der Waals surface area contributed by atoms with Crippen molar-refractivity contribution in [1.82, 2.24) is 0 Å². The van der Waals surface area contributed by atoms with Gasteiger partial charge in [0.05, 0.1) is 17.2 Å². The molecule has 0 aliphatic rings. The lowest BCUT2D eigenvalue weighted by Gasteiger charge is -2.07. The van der Waals surface area contributed by atoms with Crippen LogP contribution in [0, 0.1) is 22.7 Å². The Bertz CT molecular complexity index is 724. The Morgan fingerprint density at radius 3 is 2.38 bits per heavy atom. The van der Waals surface area contributed by atoms with E-state index in [0.29, 0.717) is 22.6 Å². The van der Waals surface area contributed by atoms with Crippen molar-refractivity contribution in [1.29, 1.82) is 10.5 Å². The Morgan fingerprint density at radius 2 is 1.71 bits per heavy atom. The van der Waals surface area contributed by atoms with E-state index in [2.05, 4.69) is 0 Å². The second-order valence-corrected chi connectivity index (χ2v) is 4.01. The SMILES string of the molecule is N#Cc1ccc(OC(=O)COc2ccccc2C#N)cc1. The van der Waals surface area contributed by atoms with Crippen molar-refractivity contribution >= 4 is 5.97 Å². The van der Waals surface area contributed by atoms with Crippen LogP contribution in [-0.4, -0.2) is 12.6 Å². The molecule has 0 aromatic heterocycles. The monoisotopic (exact) mass is 278 g/mol. The number of nitriles is 2. The molecule has 0 aliphatic heterocycles. The van der Waals surface area contributed by atoms with E-state index in [4.69, 9.17) is 20.0 Å². The third kappa shape index (κ3) is 3.82. The molecule has 0 fully saturated rings. The fraction of sp³-hybridized carbons (Fsp3) is 0.0625. The lowest BCUT2D eigenvalue weighted by atomic mass is 10.2. The Hall–Kier alpha value is -3.31. The van der Waals surface area contributed by atoms with Gasteiger partial charge in [-0.2, -0.15) is 10.5 Å². The molecule has 2 aromatic rings. The number of benzene rings is 2. The van der Waals surface area contributed by atoms with Crippen molar-refractivity contribution in [3.8, 4) is 23.6 Å². The fourth-order valence-electron chi connectivity index (χ4n) is 1.58. The summed E-state index contributed by atoms with van der Waals surface area (Å²) in [6, 6.07) is 16.7. The third-order valence-electron chi connectivity index (χ3n) is 2.57. The summed E-state index contributed by atoms with van der Waals surface area (Å²) in [6.45, 7) is -0.307. The Kier molecular flexibility index (Phi) is 4.53. The van der Waals surface area contributed by atoms with Crippen LogP contribution in [0.4, 0.5) is 0 Å². The number of nitrogens with zero attached hydrogens (tertiary/aromatic N) is 2.